The molecule has 1 aromatic heterocycles. The highest BCUT2D eigenvalue weighted by Gasteiger charge is 2.10. The standard InChI is InChI=1S/C10H11NO2S2/c1-7-8-5-3-4-6-9(8)14-10(7)11-15(2,12)13/h3-6,11H,1-2H3. The first-order valence-corrected chi connectivity index (χ1v) is 7.14. The van der Waals surface area contributed by atoms with Gasteiger partial charge in [-0.3, -0.25) is 4.72 Å². The predicted octanol–water partition coefficient (Wildman–Crippen LogP) is 2.58. The van der Waals surface area contributed by atoms with Crippen molar-refractivity contribution >= 4 is 36.4 Å². The van der Waals surface area contributed by atoms with Crippen LogP contribution in [0.25, 0.3) is 10.1 Å². The molecule has 0 aliphatic rings. The predicted molar refractivity (Wildman–Crippen MR) is 65.0 cm³/mol. The summed E-state index contributed by atoms with van der Waals surface area (Å²) in [5.41, 5.74) is 0.987. The van der Waals surface area contributed by atoms with Crippen LogP contribution in [-0.2, 0) is 10.0 Å². The topological polar surface area (TPSA) is 46.2 Å². The Bertz CT molecular complexity index is 599. The van der Waals surface area contributed by atoms with Gasteiger partial charge >= 0.3 is 0 Å². The lowest BCUT2D eigenvalue weighted by molar-refractivity contribution is 0.607. The van der Waals surface area contributed by atoms with Crippen LogP contribution in [0, 0.1) is 6.92 Å². The van der Waals surface area contributed by atoms with Gasteiger partial charge in [-0.25, -0.2) is 8.42 Å². The summed E-state index contributed by atoms with van der Waals surface area (Å²) in [6.07, 6.45) is 1.16. The number of hydrogen-bond donors (Lipinski definition) is 1. The number of fused-ring (bicyclic) bond motifs is 1. The summed E-state index contributed by atoms with van der Waals surface area (Å²) in [4.78, 5) is 0. The number of thiophene rings is 1. The Labute approximate surface area is 92.8 Å². The number of hydrogen-bond acceptors (Lipinski definition) is 3. The zero-order valence-electron chi connectivity index (χ0n) is 8.44. The molecule has 15 heavy (non-hydrogen) atoms. The Morgan fingerprint density at radius 3 is 2.53 bits per heavy atom. The van der Waals surface area contributed by atoms with Gasteiger partial charge in [0.05, 0.1) is 6.26 Å². The Balaban J connectivity index is 2.58. The summed E-state index contributed by atoms with van der Waals surface area (Å²) in [5, 5.41) is 1.81. The zero-order chi connectivity index (χ0) is 11.1. The van der Waals surface area contributed by atoms with Crippen molar-refractivity contribution in [1.29, 1.82) is 0 Å². The molecule has 0 radical (unpaired) electrons. The molecular formula is C10H11NO2S2. The van der Waals surface area contributed by atoms with Crippen LogP contribution in [0.5, 0.6) is 0 Å². The Kier molecular flexibility index (Phi) is 2.44. The molecule has 1 heterocycles. The van der Waals surface area contributed by atoms with Crippen LogP contribution in [-0.4, -0.2) is 14.7 Å². The Morgan fingerprint density at radius 2 is 1.93 bits per heavy atom. The summed E-state index contributed by atoms with van der Waals surface area (Å²) in [5.74, 6) is 0. The van der Waals surface area contributed by atoms with Gasteiger partial charge in [0.15, 0.2) is 0 Å². The summed E-state index contributed by atoms with van der Waals surface area (Å²) in [6.45, 7) is 1.92. The first-order chi connectivity index (χ1) is 6.97. The van der Waals surface area contributed by atoms with Crippen molar-refractivity contribution in [1.82, 2.24) is 0 Å². The summed E-state index contributed by atoms with van der Waals surface area (Å²) < 4.78 is 25.9. The van der Waals surface area contributed by atoms with Crippen LogP contribution in [0.2, 0.25) is 0 Å². The van der Waals surface area contributed by atoms with E-state index < -0.39 is 10.0 Å². The molecule has 5 heteroatoms. The monoisotopic (exact) mass is 241 g/mol. The molecule has 1 aromatic carbocycles. The van der Waals surface area contributed by atoms with Crippen molar-refractivity contribution in [2.45, 2.75) is 6.92 Å². The number of benzene rings is 1. The van der Waals surface area contributed by atoms with Crippen molar-refractivity contribution in [2.24, 2.45) is 0 Å². The van der Waals surface area contributed by atoms with E-state index in [-0.39, 0.29) is 0 Å². The van der Waals surface area contributed by atoms with Gasteiger partial charge in [-0.05, 0) is 23.9 Å². The molecule has 0 fully saturated rings. The van der Waals surface area contributed by atoms with Gasteiger partial charge in [-0.2, -0.15) is 0 Å². The van der Waals surface area contributed by atoms with Gasteiger partial charge < -0.3 is 0 Å². The maximum Gasteiger partial charge on any atom is 0.230 e. The van der Waals surface area contributed by atoms with Gasteiger partial charge in [0.2, 0.25) is 10.0 Å². The maximum atomic E-state index is 11.1. The normalized spacial score (nSPS) is 11.9. The summed E-state index contributed by atoms with van der Waals surface area (Å²) in [6, 6.07) is 7.88. The van der Waals surface area contributed by atoms with Crippen LogP contribution in [0.4, 0.5) is 5.00 Å². The molecule has 0 aliphatic heterocycles. The molecule has 0 atom stereocenters. The third-order valence-corrected chi connectivity index (χ3v) is 4.01. The zero-order valence-corrected chi connectivity index (χ0v) is 10.1. The lowest BCUT2D eigenvalue weighted by Gasteiger charge is -2.00. The van der Waals surface area contributed by atoms with Crippen LogP contribution < -0.4 is 4.72 Å². The van der Waals surface area contributed by atoms with Gasteiger partial charge in [-0.15, -0.1) is 11.3 Å². The third kappa shape index (κ3) is 2.13. The fraction of sp³-hybridized carbons (Fsp3) is 0.200. The molecule has 3 nitrogen and oxygen atoms in total. The van der Waals surface area contributed by atoms with Crippen LogP contribution in [0.3, 0.4) is 0 Å². The van der Waals surface area contributed by atoms with Gasteiger partial charge in [0.25, 0.3) is 0 Å². The van der Waals surface area contributed by atoms with Crippen molar-refractivity contribution in [3.8, 4) is 0 Å². The Hall–Kier alpha value is -1.07. The highest BCUT2D eigenvalue weighted by Crippen LogP contribution is 2.35. The molecular weight excluding hydrogens is 230 g/mol. The fourth-order valence-corrected chi connectivity index (χ4v) is 3.51. The number of rotatable bonds is 2. The number of anilines is 1. The highest BCUT2D eigenvalue weighted by molar-refractivity contribution is 7.92. The van der Waals surface area contributed by atoms with Crippen LogP contribution in [0.1, 0.15) is 5.56 Å². The lowest BCUT2D eigenvalue weighted by atomic mass is 10.2. The molecule has 0 saturated carbocycles. The molecule has 0 bridgehead atoms. The maximum absolute atomic E-state index is 11.1. The van der Waals surface area contributed by atoms with Crippen molar-refractivity contribution in [2.75, 3.05) is 11.0 Å². The first kappa shape index (κ1) is 10.4. The van der Waals surface area contributed by atoms with Crippen LogP contribution in [0.15, 0.2) is 24.3 Å². The minimum atomic E-state index is -3.19. The summed E-state index contributed by atoms with van der Waals surface area (Å²) in [7, 11) is -3.19. The van der Waals surface area contributed by atoms with Gasteiger partial charge in [0, 0.05) is 4.70 Å². The van der Waals surface area contributed by atoms with Crippen molar-refractivity contribution < 1.29 is 8.42 Å². The molecule has 0 saturated heterocycles. The molecule has 0 aliphatic carbocycles. The minimum Gasteiger partial charge on any atom is -0.274 e. The van der Waals surface area contributed by atoms with Gasteiger partial charge in [-0.1, -0.05) is 18.2 Å². The highest BCUT2D eigenvalue weighted by atomic mass is 32.2. The minimum absolute atomic E-state index is 0.707. The molecule has 80 valence electrons. The molecule has 0 amide bonds. The third-order valence-electron chi connectivity index (χ3n) is 2.12. The van der Waals surface area contributed by atoms with E-state index in [4.69, 9.17) is 0 Å². The van der Waals surface area contributed by atoms with E-state index in [1.807, 2.05) is 31.2 Å². The SMILES string of the molecule is Cc1c(NS(C)(=O)=O)sc2ccccc12. The van der Waals surface area contributed by atoms with Gasteiger partial charge in [0.1, 0.15) is 5.00 Å². The quantitative estimate of drug-likeness (QED) is 0.878. The molecule has 0 unspecified atom stereocenters. The van der Waals surface area contributed by atoms with E-state index in [9.17, 15) is 8.42 Å². The average Bonchev–Trinajstić information content (AvgIpc) is 2.42. The van der Waals surface area contributed by atoms with Crippen molar-refractivity contribution in [3.05, 3.63) is 29.8 Å². The molecule has 2 rings (SSSR count). The van der Waals surface area contributed by atoms with E-state index in [2.05, 4.69) is 4.72 Å². The first-order valence-electron chi connectivity index (χ1n) is 4.43. The molecule has 1 N–H and O–H groups in total. The van der Waals surface area contributed by atoms with E-state index >= 15 is 0 Å². The largest absolute Gasteiger partial charge is 0.274 e. The number of nitrogens with one attached hydrogen (secondary N) is 1. The molecule has 0 spiro atoms. The van der Waals surface area contributed by atoms with E-state index in [0.29, 0.717) is 5.00 Å². The van der Waals surface area contributed by atoms with E-state index in [1.165, 1.54) is 11.3 Å². The van der Waals surface area contributed by atoms with Crippen molar-refractivity contribution in [3.63, 3.8) is 0 Å². The average molecular weight is 241 g/mol. The second-order valence-electron chi connectivity index (χ2n) is 3.43. The van der Waals surface area contributed by atoms with Crippen LogP contribution >= 0.6 is 11.3 Å². The number of aryl methyl sites for hydroxylation is 1. The summed E-state index contributed by atoms with van der Waals surface area (Å²) >= 11 is 1.46. The second kappa shape index (κ2) is 3.50. The fourth-order valence-electron chi connectivity index (χ4n) is 1.44. The second-order valence-corrected chi connectivity index (χ2v) is 6.23. The number of sulfonamides is 1. The van der Waals surface area contributed by atoms with E-state index in [0.717, 1.165) is 21.9 Å². The van der Waals surface area contributed by atoms with E-state index in [1.54, 1.807) is 0 Å². The lowest BCUT2D eigenvalue weighted by Crippen LogP contribution is -2.08. The Morgan fingerprint density at radius 1 is 1.27 bits per heavy atom. The smallest absolute Gasteiger partial charge is 0.230 e. The molecule has 2 aromatic rings.